The van der Waals surface area contributed by atoms with Crippen LogP contribution in [0.4, 0.5) is 19.0 Å². The Morgan fingerprint density at radius 2 is 1.68 bits per heavy atom. The third kappa shape index (κ3) is 3.59. The summed E-state index contributed by atoms with van der Waals surface area (Å²) < 4.78 is 65.8. The minimum atomic E-state index is -4.73. The first kappa shape index (κ1) is 17.6. The molecule has 0 aliphatic carbocycles. The Morgan fingerprint density at radius 3 is 2.28 bits per heavy atom. The van der Waals surface area contributed by atoms with Crippen LogP contribution >= 0.6 is 0 Å². The largest absolute Gasteiger partial charge is 0.417 e. The lowest BCUT2D eigenvalue weighted by Gasteiger charge is -2.34. The lowest BCUT2D eigenvalue weighted by Crippen LogP contribution is -2.49. The van der Waals surface area contributed by atoms with Crippen LogP contribution in [0, 0.1) is 0 Å². The van der Waals surface area contributed by atoms with E-state index in [1.54, 1.807) is 6.20 Å². The van der Waals surface area contributed by atoms with Gasteiger partial charge in [-0.05, 0) is 12.1 Å². The van der Waals surface area contributed by atoms with Crippen LogP contribution in [0.1, 0.15) is 5.56 Å². The molecule has 0 amide bonds. The molecule has 2 aromatic rings. The Bertz CT molecular complexity index is 835. The lowest BCUT2D eigenvalue weighted by atomic mass is 10.2. The minimum Gasteiger partial charge on any atom is -0.353 e. The standard InChI is InChI=1S/C15H15F3N4O2S/c16-15(17,18)12-3-1-2-4-13(12)25(23,24)22-9-7-21(8-10-22)14-11-19-5-6-20-14/h1-6,11H,7-10H2. The van der Waals surface area contributed by atoms with Crippen molar-refractivity contribution in [2.75, 3.05) is 31.1 Å². The smallest absolute Gasteiger partial charge is 0.353 e. The molecule has 1 saturated heterocycles. The Hall–Kier alpha value is -2.20. The highest BCUT2D eigenvalue weighted by molar-refractivity contribution is 7.89. The number of rotatable bonds is 3. The molecule has 1 aliphatic rings. The molecule has 1 aromatic heterocycles. The van der Waals surface area contributed by atoms with Gasteiger partial charge >= 0.3 is 6.18 Å². The summed E-state index contributed by atoms with van der Waals surface area (Å²) in [5.74, 6) is 0.607. The molecule has 3 rings (SSSR count). The van der Waals surface area contributed by atoms with Crippen molar-refractivity contribution >= 4 is 15.8 Å². The average molecular weight is 372 g/mol. The van der Waals surface area contributed by atoms with Crippen LogP contribution in [0.25, 0.3) is 0 Å². The van der Waals surface area contributed by atoms with Crippen molar-refractivity contribution < 1.29 is 21.6 Å². The van der Waals surface area contributed by atoms with Crippen LogP contribution in [0.2, 0.25) is 0 Å². The molecule has 25 heavy (non-hydrogen) atoms. The number of hydrogen-bond acceptors (Lipinski definition) is 5. The quantitative estimate of drug-likeness (QED) is 0.825. The molecular formula is C15H15F3N4O2S. The molecule has 134 valence electrons. The van der Waals surface area contributed by atoms with Crippen LogP contribution in [-0.2, 0) is 16.2 Å². The van der Waals surface area contributed by atoms with Crippen molar-refractivity contribution in [3.05, 3.63) is 48.4 Å². The molecule has 1 aromatic carbocycles. The molecule has 1 fully saturated rings. The number of nitrogens with zero attached hydrogens (tertiary/aromatic N) is 4. The van der Waals surface area contributed by atoms with Crippen molar-refractivity contribution in [2.45, 2.75) is 11.1 Å². The average Bonchev–Trinajstić information content (AvgIpc) is 2.62. The van der Waals surface area contributed by atoms with Crippen LogP contribution in [0.15, 0.2) is 47.8 Å². The van der Waals surface area contributed by atoms with Gasteiger partial charge < -0.3 is 4.90 Å². The number of anilines is 1. The molecule has 6 nitrogen and oxygen atoms in total. The van der Waals surface area contributed by atoms with Gasteiger partial charge in [0.05, 0.1) is 16.7 Å². The predicted molar refractivity (Wildman–Crippen MR) is 84.4 cm³/mol. The van der Waals surface area contributed by atoms with Gasteiger partial charge in [-0.2, -0.15) is 17.5 Å². The zero-order valence-corrected chi connectivity index (χ0v) is 13.8. The maximum atomic E-state index is 13.1. The van der Waals surface area contributed by atoms with E-state index in [4.69, 9.17) is 0 Å². The summed E-state index contributed by atoms with van der Waals surface area (Å²) in [7, 11) is -4.23. The summed E-state index contributed by atoms with van der Waals surface area (Å²) in [4.78, 5) is 9.22. The van der Waals surface area contributed by atoms with Crippen LogP contribution in [0.3, 0.4) is 0 Å². The third-order valence-corrected chi connectivity index (χ3v) is 5.88. The maximum absolute atomic E-state index is 13.1. The lowest BCUT2D eigenvalue weighted by molar-refractivity contribution is -0.139. The van der Waals surface area contributed by atoms with Crippen molar-refractivity contribution in [1.29, 1.82) is 0 Å². The van der Waals surface area contributed by atoms with Crippen molar-refractivity contribution in [1.82, 2.24) is 14.3 Å². The fraction of sp³-hybridized carbons (Fsp3) is 0.333. The third-order valence-electron chi connectivity index (χ3n) is 3.92. The van der Waals surface area contributed by atoms with Crippen LogP contribution in [-0.4, -0.2) is 48.9 Å². The van der Waals surface area contributed by atoms with Gasteiger partial charge in [-0.1, -0.05) is 12.1 Å². The van der Waals surface area contributed by atoms with E-state index in [1.165, 1.54) is 24.5 Å². The van der Waals surface area contributed by atoms with Crippen molar-refractivity contribution in [3.63, 3.8) is 0 Å². The monoisotopic (exact) mass is 372 g/mol. The normalized spacial score (nSPS) is 16.8. The molecule has 0 N–H and O–H groups in total. The van der Waals surface area contributed by atoms with Gasteiger partial charge in [0.2, 0.25) is 10.0 Å². The fourth-order valence-electron chi connectivity index (χ4n) is 2.68. The van der Waals surface area contributed by atoms with Gasteiger partial charge in [0, 0.05) is 38.6 Å². The van der Waals surface area contributed by atoms with E-state index >= 15 is 0 Å². The van der Waals surface area contributed by atoms with Gasteiger partial charge in [-0.3, -0.25) is 4.98 Å². The van der Waals surface area contributed by atoms with Crippen molar-refractivity contribution in [3.8, 4) is 0 Å². The van der Waals surface area contributed by atoms with Gasteiger partial charge in [0.25, 0.3) is 0 Å². The predicted octanol–water partition coefficient (Wildman–Crippen LogP) is 2.01. The van der Waals surface area contributed by atoms with E-state index in [0.29, 0.717) is 18.9 Å². The summed E-state index contributed by atoms with van der Waals surface area (Å²) in [5, 5.41) is 0. The second-order valence-electron chi connectivity index (χ2n) is 5.45. The van der Waals surface area contributed by atoms with E-state index in [1.807, 2.05) is 4.90 Å². The molecule has 0 spiro atoms. The molecule has 2 heterocycles. The summed E-state index contributed by atoms with van der Waals surface area (Å²) >= 11 is 0. The molecular weight excluding hydrogens is 357 g/mol. The van der Waals surface area contributed by atoms with E-state index in [-0.39, 0.29) is 13.1 Å². The summed E-state index contributed by atoms with van der Waals surface area (Å²) in [6.45, 7) is 0.800. The number of alkyl halides is 3. The Morgan fingerprint density at radius 1 is 1.00 bits per heavy atom. The molecule has 0 atom stereocenters. The number of hydrogen-bond donors (Lipinski definition) is 0. The zero-order chi connectivity index (χ0) is 18.1. The van der Waals surface area contributed by atoms with E-state index in [0.717, 1.165) is 16.4 Å². The molecule has 0 bridgehead atoms. The van der Waals surface area contributed by atoms with E-state index < -0.39 is 26.7 Å². The number of halogens is 3. The second kappa shape index (κ2) is 6.60. The van der Waals surface area contributed by atoms with Crippen molar-refractivity contribution in [2.24, 2.45) is 0 Å². The second-order valence-corrected chi connectivity index (χ2v) is 7.36. The molecule has 0 saturated carbocycles. The topological polar surface area (TPSA) is 66.4 Å². The fourth-order valence-corrected chi connectivity index (χ4v) is 4.31. The Labute approximate surface area is 143 Å². The van der Waals surface area contributed by atoms with Crippen LogP contribution in [0.5, 0.6) is 0 Å². The van der Waals surface area contributed by atoms with E-state index in [2.05, 4.69) is 9.97 Å². The molecule has 1 aliphatic heterocycles. The number of sulfonamides is 1. The van der Waals surface area contributed by atoms with E-state index in [9.17, 15) is 21.6 Å². The number of aromatic nitrogens is 2. The maximum Gasteiger partial charge on any atom is 0.417 e. The number of piperazine rings is 1. The highest BCUT2D eigenvalue weighted by atomic mass is 32.2. The summed E-state index contributed by atoms with van der Waals surface area (Å²) in [6, 6.07) is 4.24. The highest BCUT2D eigenvalue weighted by Crippen LogP contribution is 2.35. The Kier molecular flexibility index (Phi) is 4.65. The Balaban J connectivity index is 1.82. The van der Waals surface area contributed by atoms with Gasteiger partial charge in [0.1, 0.15) is 5.82 Å². The first-order chi connectivity index (χ1) is 11.8. The zero-order valence-electron chi connectivity index (χ0n) is 13.0. The summed E-state index contributed by atoms with van der Waals surface area (Å²) in [5.41, 5.74) is -1.15. The molecule has 10 heteroatoms. The first-order valence-corrected chi connectivity index (χ1v) is 8.91. The minimum absolute atomic E-state index is 0.0745. The molecule has 0 unspecified atom stereocenters. The SMILES string of the molecule is O=S(=O)(c1ccccc1C(F)(F)F)N1CCN(c2cnccn2)CC1. The number of benzene rings is 1. The van der Waals surface area contributed by atoms with Crippen LogP contribution < -0.4 is 4.90 Å². The van der Waals surface area contributed by atoms with Gasteiger partial charge in [-0.15, -0.1) is 0 Å². The first-order valence-electron chi connectivity index (χ1n) is 7.47. The van der Waals surface area contributed by atoms with Gasteiger partial charge in [0.15, 0.2) is 0 Å². The molecule has 0 radical (unpaired) electrons. The van der Waals surface area contributed by atoms with Gasteiger partial charge in [-0.25, -0.2) is 13.4 Å². The highest BCUT2D eigenvalue weighted by Gasteiger charge is 2.39. The summed E-state index contributed by atoms with van der Waals surface area (Å²) in [6.07, 6.45) is -0.121.